The second kappa shape index (κ2) is 10.7. The zero-order chi connectivity index (χ0) is 29.0. The molecular formula is C28H32O13. The quantitative estimate of drug-likeness (QED) is 0.327. The zero-order valence-corrected chi connectivity index (χ0v) is 22.6. The second-order valence-corrected chi connectivity index (χ2v) is 10.4. The van der Waals surface area contributed by atoms with Crippen LogP contribution in [0.1, 0.15) is 22.6 Å². The average molecular weight is 577 g/mol. The molecule has 0 amide bonds. The lowest BCUT2D eigenvalue weighted by molar-refractivity contribution is -0.277. The van der Waals surface area contributed by atoms with Crippen molar-refractivity contribution in [3.8, 4) is 34.5 Å². The smallest absolute Gasteiger partial charge is 0.310 e. The number of carbonyl (C=O) groups excluding carboxylic acids is 1. The van der Waals surface area contributed by atoms with Crippen molar-refractivity contribution in [2.24, 2.45) is 11.8 Å². The molecule has 8 atom stereocenters. The van der Waals surface area contributed by atoms with E-state index in [2.05, 4.69) is 0 Å². The molecule has 0 aromatic heterocycles. The number of hydrogen-bond donors (Lipinski definition) is 4. The van der Waals surface area contributed by atoms with Gasteiger partial charge in [-0.15, -0.1) is 0 Å². The molecule has 3 heterocycles. The SMILES string of the molecule is COc1cc(C2c3cc4c(c(O[C@@H]5O[C@H](CO)[C@@H](O)[C@H](O)[C@H]5O)c3CC3COC(=O)C32)OCO4)cc(OC)c1OC. The minimum absolute atomic E-state index is 0.0903. The Morgan fingerprint density at radius 1 is 0.902 bits per heavy atom. The van der Waals surface area contributed by atoms with Gasteiger partial charge >= 0.3 is 5.97 Å². The summed E-state index contributed by atoms with van der Waals surface area (Å²) >= 11 is 0. The van der Waals surface area contributed by atoms with Crippen LogP contribution in [0.2, 0.25) is 0 Å². The zero-order valence-electron chi connectivity index (χ0n) is 22.6. The third kappa shape index (κ3) is 4.39. The molecule has 2 saturated heterocycles. The predicted molar refractivity (Wildman–Crippen MR) is 137 cm³/mol. The Hall–Kier alpha value is -3.49. The van der Waals surface area contributed by atoms with Gasteiger partial charge in [-0.1, -0.05) is 0 Å². The van der Waals surface area contributed by atoms with Gasteiger partial charge in [0.1, 0.15) is 24.4 Å². The van der Waals surface area contributed by atoms with E-state index in [0.29, 0.717) is 46.1 Å². The van der Waals surface area contributed by atoms with Crippen molar-refractivity contribution < 1.29 is 63.1 Å². The number of carbonyl (C=O) groups is 1. The molecule has 6 rings (SSSR count). The van der Waals surface area contributed by atoms with Crippen LogP contribution >= 0.6 is 0 Å². The first-order chi connectivity index (χ1) is 19.8. The van der Waals surface area contributed by atoms with Gasteiger partial charge in [0.25, 0.3) is 0 Å². The van der Waals surface area contributed by atoms with Crippen molar-refractivity contribution >= 4 is 5.97 Å². The topological polar surface area (TPSA) is 172 Å². The lowest BCUT2D eigenvalue weighted by Crippen LogP contribution is -2.60. The van der Waals surface area contributed by atoms with Gasteiger partial charge in [0.15, 0.2) is 23.0 Å². The van der Waals surface area contributed by atoms with Crippen LogP contribution in [0.15, 0.2) is 18.2 Å². The molecule has 0 radical (unpaired) electrons. The lowest BCUT2D eigenvalue weighted by atomic mass is 9.67. The Bertz CT molecular complexity index is 1300. The minimum atomic E-state index is -1.64. The van der Waals surface area contributed by atoms with E-state index in [1.54, 1.807) is 18.2 Å². The molecule has 4 aliphatic rings. The monoisotopic (exact) mass is 576 g/mol. The minimum Gasteiger partial charge on any atom is -0.493 e. The molecule has 222 valence electrons. The van der Waals surface area contributed by atoms with E-state index in [9.17, 15) is 25.2 Å². The van der Waals surface area contributed by atoms with E-state index in [1.165, 1.54) is 21.3 Å². The molecule has 4 N–H and O–H groups in total. The summed E-state index contributed by atoms with van der Waals surface area (Å²) in [5.74, 6) is 0.409. The van der Waals surface area contributed by atoms with Crippen molar-refractivity contribution in [3.05, 3.63) is 34.9 Å². The summed E-state index contributed by atoms with van der Waals surface area (Å²) in [6, 6.07) is 5.37. The molecule has 1 aliphatic carbocycles. The molecule has 3 aliphatic heterocycles. The summed E-state index contributed by atoms with van der Waals surface area (Å²) in [6.45, 7) is -0.507. The molecule has 41 heavy (non-hydrogen) atoms. The van der Waals surface area contributed by atoms with Crippen LogP contribution in [-0.2, 0) is 20.7 Å². The van der Waals surface area contributed by atoms with Gasteiger partial charge in [-0.2, -0.15) is 0 Å². The van der Waals surface area contributed by atoms with E-state index in [-0.39, 0.29) is 36.8 Å². The van der Waals surface area contributed by atoms with Gasteiger partial charge in [0.2, 0.25) is 24.6 Å². The number of aliphatic hydroxyl groups is 4. The first-order valence-corrected chi connectivity index (χ1v) is 13.2. The summed E-state index contributed by atoms with van der Waals surface area (Å²) in [5, 5.41) is 40.9. The maximum Gasteiger partial charge on any atom is 0.310 e. The molecule has 0 spiro atoms. The van der Waals surface area contributed by atoms with Gasteiger partial charge < -0.3 is 58.3 Å². The number of cyclic esters (lactones) is 1. The highest BCUT2D eigenvalue weighted by Gasteiger charge is 2.51. The van der Waals surface area contributed by atoms with E-state index < -0.39 is 49.1 Å². The first kappa shape index (κ1) is 27.7. The molecule has 13 heteroatoms. The Labute approximate surface area is 235 Å². The number of hydrogen-bond acceptors (Lipinski definition) is 13. The largest absolute Gasteiger partial charge is 0.493 e. The van der Waals surface area contributed by atoms with Crippen LogP contribution < -0.4 is 28.4 Å². The molecule has 13 nitrogen and oxygen atoms in total. The van der Waals surface area contributed by atoms with Crippen molar-refractivity contribution in [2.45, 2.75) is 43.0 Å². The molecule has 0 saturated carbocycles. The number of esters is 1. The number of ether oxygens (including phenoxy) is 8. The molecular weight excluding hydrogens is 544 g/mol. The highest BCUT2D eigenvalue weighted by Crippen LogP contribution is 2.56. The van der Waals surface area contributed by atoms with Crippen molar-refractivity contribution in [1.82, 2.24) is 0 Å². The molecule has 0 bridgehead atoms. The summed E-state index contributed by atoms with van der Waals surface area (Å²) in [7, 11) is 4.52. The fourth-order valence-electron chi connectivity index (χ4n) is 6.26. The summed E-state index contributed by atoms with van der Waals surface area (Å²) in [6.07, 6.45) is -7.06. The standard InChI is InChI=1S/C28H32O13/c1-34-15-5-11(6-16(35-2)25(15)36-3)19-13-7-17-26(39-10-38-17)24(14(13)4-12-9-37-27(33)20(12)19)41-28-23(32)22(31)21(30)18(8-29)40-28/h5-7,12,18-23,28-32H,4,8-10H2,1-3H3/t12?,18-,19?,20?,21-,22+,23-,28+/m1/s1. The second-order valence-electron chi connectivity index (χ2n) is 10.4. The van der Waals surface area contributed by atoms with Crippen molar-refractivity contribution in [2.75, 3.05) is 41.3 Å². The third-order valence-corrected chi connectivity index (χ3v) is 8.27. The van der Waals surface area contributed by atoms with Crippen molar-refractivity contribution in [3.63, 3.8) is 0 Å². The highest BCUT2D eigenvalue weighted by atomic mass is 16.7. The van der Waals surface area contributed by atoms with Gasteiger partial charge in [0.05, 0.1) is 40.5 Å². The normalized spacial score (nSPS) is 31.6. The number of rotatable bonds is 7. The van der Waals surface area contributed by atoms with Gasteiger partial charge in [-0.25, -0.2) is 0 Å². The van der Waals surface area contributed by atoms with Gasteiger partial charge in [-0.05, 0) is 35.7 Å². The highest BCUT2D eigenvalue weighted by molar-refractivity contribution is 5.79. The van der Waals surface area contributed by atoms with E-state index >= 15 is 0 Å². The number of benzene rings is 2. The molecule has 2 aromatic carbocycles. The van der Waals surface area contributed by atoms with E-state index in [1.807, 2.05) is 0 Å². The van der Waals surface area contributed by atoms with Gasteiger partial charge in [-0.3, -0.25) is 4.79 Å². The van der Waals surface area contributed by atoms with Gasteiger partial charge in [0, 0.05) is 17.4 Å². The maximum absolute atomic E-state index is 13.1. The van der Waals surface area contributed by atoms with Crippen LogP contribution in [0.5, 0.6) is 34.5 Å². The Morgan fingerprint density at radius 2 is 1.63 bits per heavy atom. The van der Waals surface area contributed by atoms with Crippen LogP contribution in [0, 0.1) is 11.8 Å². The fourth-order valence-corrected chi connectivity index (χ4v) is 6.26. The number of fused-ring (bicyclic) bond motifs is 3. The van der Waals surface area contributed by atoms with E-state index in [4.69, 9.17) is 37.9 Å². The summed E-state index contributed by atoms with van der Waals surface area (Å²) in [4.78, 5) is 13.1. The van der Waals surface area contributed by atoms with Crippen LogP contribution in [0.25, 0.3) is 0 Å². The van der Waals surface area contributed by atoms with Crippen LogP contribution in [0.4, 0.5) is 0 Å². The lowest BCUT2D eigenvalue weighted by Gasteiger charge is -2.40. The number of methoxy groups -OCH3 is 3. The number of aliphatic hydroxyl groups excluding tert-OH is 4. The fraction of sp³-hybridized carbons (Fsp3) is 0.536. The molecule has 2 fully saturated rings. The molecule has 3 unspecified atom stereocenters. The Morgan fingerprint density at radius 3 is 2.29 bits per heavy atom. The van der Waals surface area contributed by atoms with Crippen molar-refractivity contribution in [1.29, 1.82) is 0 Å². The predicted octanol–water partition coefficient (Wildman–Crippen LogP) is 0.0970. The third-order valence-electron chi connectivity index (χ3n) is 8.27. The maximum atomic E-state index is 13.1. The van der Waals surface area contributed by atoms with Crippen LogP contribution in [0.3, 0.4) is 0 Å². The summed E-state index contributed by atoms with van der Waals surface area (Å²) < 4.78 is 45.5. The van der Waals surface area contributed by atoms with Crippen LogP contribution in [-0.4, -0.2) is 98.4 Å². The van der Waals surface area contributed by atoms with E-state index in [0.717, 1.165) is 0 Å². The Balaban J connectivity index is 1.51. The average Bonchev–Trinajstić information content (AvgIpc) is 3.61. The summed E-state index contributed by atoms with van der Waals surface area (Å²) in [5.41, 5.74) is 2.07. The molecule has 2 aromatic rings. The Kier molecular flexibility index (Phi) is 7.24. The first-order valence-electron chi connectivity index (χ1n) is 13.2.